The Morgan fingerprint density at radius 2 is 2.11 bits per heavy atom. The Kier molecular flexibility index (Phi) is 3.98. The van der Waals surface area contributed by atoms with Crippen LogP contribution in [-0.2, 0) is 0 Å². The van der Waals surface area contributed by atoms with Crippen molar-refractivity contribution in [1.82, 2.24) is 0 Å². The third-order valence-electron chi connectivity index (χ3n) is 4.25. The summed E-state index contributed by atoms with van der Waals surface area (Å²) in [6, 6.07) is 4.52. The molecule has 0 aromatic heterocycles. The molecule has 2 rings (SSSR count). The first kappa shape index (κ1) is 13.8. The Balaban J connectivity index is 2.27. The van der Waals surface area contributed by atoms with E-state index in [9.17, 15) is 9.50 Å². The zero-order valence-corrected chi connectivity index (χ0v) is 11.7. The molecule has 1 aromatic rings. The molecular formula is C15H20ClFO. The number of benzene rings is 1. The van der Waals surface area contributed by atoms with Crippen LogP contribution in [-0.4, -0.2) is 5.11 Å². The number of aliphatic hydroxyl groups is 1. The molecule has 0 radical (unpaired) electrons. The van der Waals surface area contributed by atoms with E-state index in [4.69, 9.17) is 11.6 Å². The van der Waals surface area contributed by atoms with Gasteiger partial charge in [-0.25, -0.2) is 4.39 Å². The summed E-state index contributed by atoms with van der Waals surface area (Å²) in [7, 11) is 0. The minimum absolute atomic E-state index is 0.0593. The Morgan fingerprint density at radius 3 is 2.72 bits per heavy atom. The lowest BCUT2D eigenvalue weighted by Gasteiger charge is -2.41. The molecule has 0 saturated heterocycles. The highest BCUT2D eigenvalue weighted by Gasteiger charge is 2.38. The van der Waals surface area contributed by atoms with Gasteiger partial charge in [0.25, 0.3) is 0 Å². The van der Waals surface area contributed by atoms with E-state index >= 15 is 0 Å². The summed E-state index contributed by atoms with van der Waals surface area (Å²) in [6.07, 6.45) is 3.61. The van der Waals surface area contributed by atoms with Crippen molar-refractivity contribution in [2.45, 2.75) is 45.6 Å². The summed E-state index contributed by atoms with van der Waals surface area (Å²) in [5, 5.41) is 10.8. The van der Waals surface area contributed by atoms with Crippen LogP contribution in [0, 0.1) is 17.2 Å². The fourth-order valence-electron chi connectivity index (χ4n) is 3.06. The van der Waals surface area contributed by atoms with Crippen LogP contribution in [0.5, 0.6) is 0 Å². The second-order valence-corrected chi connectivity index (χ2v) is 6.39. The van der Waals surface area contributed by atoms with E-state index in [0.29, 0.717) is 10.6 Å². The lowest BCUT2D eigenvalue weighted by atomic mass is 9.65. The second-order valence-electron chi connectivity index (χ2n) is 5.95. The van der Waals surface area contributed by atoms with Gasteiger partial charge in [0.05, 0.1) is 6.10 Å². The number of hydrogen-bond acceptors (Lipinski definition) is 1. The van der Waals surface area contributed by atoms with Crippen LogP contribution in [0.25, 0.3) is 0 Å². The molecule has 1 N–H and O–H groups in total. The van der Waals surface area contributed by atoms with Crippen molar-refractivity contribution in [3.63, 3.8) is 0 Å². The molecule has 1 aliphatic carbocycles. The first-order valence-corrected chi connectivity index (χ1v) is 6.92. The molecule has 1 nitrogen and oxygen atoms in total. The fraction of sp³-hybridized carbons (Fsp3) is 0.600. The highest BCUT2D eigenvalue weighted by Crippen LogP contribution is 2.47. The van der Waals surface area contributed by atoms with Gasteiger partial charge in [-0.15, -0.1) is 0 Å². The quantitative estimate of drug-likeness (QED) is 0.824. The Labute approximate surface area is 113 Å². The minimum atomic E-state index is -0.738. The van der Waals surface area contributed by atoms with Gasteiger partial charge in [-0.1, -0.05) is 44.4 Å². The third kappa shape index (κ3) is 2.70. The normalized spacial score (nSPS) is 24.8. The van der Waals surface area contributed by atoms with E-state index in [1.165, 1.54) is 12.5 Å². The van der Waals surface area contributed by atoms with Gasteiger partial charge >= 0.3 is 0 Å². The van der Waals surface area contributed by atoms with Crippen LogP contribution in [0.15, 0.2) is 18.2 Å². The highest BCUT2D eigenvalue weighted by molar-refractivity contribution is 6.30. The SMILES string of the molecule is CC1(C)CCCCC1C(O)c1ccc(Cl)cc1F. The monoisotopic (exact) mass is 270 g/mol. The molecule has 0 heterocycles. The van der Waals surface area contributed by atoms with Crippen molar-refractivity contribution in [2.24, 2.45) is 11.3 Å². The van der Waals surface area contributed by atoms with E-state index < -0.39 is 11.9 Å². The van der Waals surface area contributed by atoms with E-state index in [-0.39, 0.29) is 11.3 Å². The van der Waals surface area contributed by atoms with Gasteiger partial charge < -0.3 is 5.11 Å². The predicted octanol–water partition coefficient (Wildman–Crippen LogP) is 4.73. The van der Waals surface area contributed by atoms with Crippen molar-refractivity contribution in [2.75, 3.05) is 0 Å². The first-order chi connectivity index (χ1) is 8.42. The zero-order chi connectivity index (χ0) is 13.3. The maximum atomic E-state index is 13.9. The lowest BCUT2D eigenvalue weighted by molar-refractivity contribution is 0.00200. The van der Waals surface area contributed by atoms with Crippen molar-refractivity contribution in [1.29, 1.82) is 0 Å². The van der Waals surface area contributed by atoms with Gasteiger partial charge in [0.2, 0.25) is 0 Å². The molecule has 3 heteroatoms. The van der Waals surface area contributed by atoms with Crippen LogP contribution in [0.4, 0.5) is 4.39 Å². The summed E-state index contributed by atoms with van der Waals surface area (Å²) in [4.78, 5) is 0. The van der Waals surface area contributed by atoms with Crippen LogP contribution in [0.1, 0.15) is 51.2 Å². The second kappa shape index (κ2) is 5.18. The molecule has 0 amide bonds. The lowest BCUT2D eigenvalue weighted by Crippen LogP contribution is -2.33. The van der Waals surface area contributed by atoms with Gasteiger partial charge in [0.15, 0.2) is 0 Å². The molecular weight excluding hydrogens is 251 g/mol. The smallest absolute Gasteiger partial charge is 0.130 e. The van der Waals surface area contributed by atoms with Gasteiger partial charge in [-0.05, 0) is 36.3 Å². The standard InChI is InChI=1S/C15H20ClFO/c1-15(2)8-4-3-5-12(15)14(18)11-7-6-10(16)9-13(11)17/h6-7,9,12,14,18H,3-5,8H2,1-2H3. The molecule has 1 saturated carbocycles. The van der Waals surface area contributed by atoms with E-state index in [1.807, 2.05) is 0 Å². The summed E-state index contributed by atoms with van der Waals surface area (Å²) in [5.41, 5.74) is 0.434. The van der Waals surface area contributed by atoms with Crippen LogP contribution in [0.3, 0.4) is 0 Å². The largest absolute Gasteiger partial charge is 0.388 e. The zero-order valence-electron chi connectivity index (χ0n) is 10.9. The average Bonchev–Trinajstić information content (AvgIpc) is 2.27. The van der Waals surface area contributed by atoms with Crippen LogP contribution >= 0.6 is 11.6 Å². The molecule has 18 heavy (non-hydrogen) atoms. The van der Waals surface area contributed by atoms with Crippen molar-refractivity contribution in [3.8, 4) is 0 Å². The Bertz CT molecular complexity index is 431. The number of hydrogen-bond donors (Lipinski definition) is 1. The third-order valence-corrected chi connectivity index (χ3v) is 4.49. The van der Waals surface area contributed by atoms with Crippen molar-refractivity contribution >= 4 is 11.6 Å². The van der Waals surface area contributed by atoms with E-state index in [2.05, 4.69) is 13.8 Å². The summed E-state index contributed by atoms with van der Waals surface area (Å²) >= 11 is 5.74. The fourth-order valence-corrected chi connectivity index (χ4v) is 3.22. The summed E-state index contributed by atoms with van der Waals surface area (Å²) in [5.74, 6) is -0.293. The number of rotatable bonds is 2. The average molecular weight is 271 g/mol. The molecule has 1 aromatic carbocycles. The molecule has 100 valence electrons. The molecule has 0 bridgehead atoms. The van der Waals surface area contributed by atoms with Gasteiger partial charge in [0.1, 0.15) is 5.82 Å². The Hall–Kier alpha value is -0.600. The first-order valence-electron chi connectivity index (χ1n) is 6.55. The van der Waals surface area contributed by atoms with Crippen LogP contribution < -0.4 is 0 Å². The molecule has 2 atom stereocenters. The molecule has 0 aliphatic heterocycles. The highest BCUT2D eigenvalue weighted by atomic mass is 35.5. The predicted molar refractivity (Wildman–Crippen MR) is 72.1 cm³/mol. The molecule has 2 unspecified atom stereocenters. The van der Waals surface area contributed by atoms with Gasteiger partial charge in [0, 0.05) is 10.6 Å². The molecule has 1 fully saturated rings. The summed E-state index contributed by atoms with van der Waals surface area (Å²) in [6.45, 7) is 4.32. The van der Waals surface area contributed by atoms with E-state index in [0.717, 1.165) is 19.3 Å². The van der Waals surface area contributed by atoms with Gasteiger partial charge in [-0.3, -0.25) is 0 Å². The summed E-state index contributed by atoms with van der Waals surface area (Å²) < 4.78 is 13.9. The molecule has 1 aliphatic rings. The maximum absolute atomic E-state index is 13.9. The number of aliphatic hydroxyl groups excluding tert-OH is 1. The topological polar surface area (TPSA) is 20.2 Å². The van der Waals surface area contributed by atoms with Crippen LogP contribution in [0.2, 0.25) is 5.02 Å². The number of halogens is 2. The van der Waals surface area contributed by atoms with Gasteiger partial charge in [-0.2, -0.15) is 0 Å². The molecule has 0 spiro atoms. The van der Waals surface area contributed by atoms with Crippen molar-refractivity contribution < 1.29 is 9.50 Å². The maximum Gasteiger partial charge on any atom is 0.130 e. The van der Waals surface area contributed by atoms with Crippen molar-refractivity contribution in [3.05, 3.63) is 34.6 Å². The van der Waals surface area contributed by atoms with E-state index in [1.54, 1.807) is 12.1 Å². The minimum Gasteiger partial charge on any atom is -0.388 e. The Morgan fingerprint density at radius 1 is 1.39 bits per heavy atom.